The third-order valence-electron chi connectivity index (χ3n) is 2.09. The molecule has 78 valence electrons. The molecule has 4 nitrogen and oxygen atoms in total. The summed E-state index contributed by atoms with van der Waals surface area (Å²) in [5.41, 5.74) is 5.58. The smallest absolute Gasteiger partial charge is 0.224 e. The van der Waals surface area contributed by atoms with Crippen molar-refractivity contribution in [3.05, 3.63) is 5.82 Å². The van der Waals surface area contributed by atoms with Crippen molar-refractivity contribution in [3.8, 4) is 0 Å². The zero-order chi connectivity index (χ0) is 10.6. The van der Waals surface area contributed by atoms with Crippen LogP contribution in [0.1, 0.15) is 26.1 Å². The molecular formula is C9H16N4S. The molecule has 0 aliphatic heterocycles. The second-order valence-corrected chi connectivity index (χ2v) is 4.09. The number of nitrogens with zero attached hydrogens (tertiary/aromatic N) is 3. The number of hydrogen-bond acceptors (Lipinski definition) is 5. The maximum absolute atomic E-state index is 5.58. The van der Waals surface area contributed by atoms with Gasteiger partial charge in [0.25, 0.3) is 0 Å². The van der Waals surface area contributed by atoms with Crippen LogP contribution in [0, 0.1) is 5.92 Å². The number of rotatable bonds is 4. The minimum absolute atomic E-state index is 0.322. The second kappa shape index (κ2) is 5.14. The molecule has 14 heavy (non-hydrogen) atoms. The maximum atomic E-state index is 5.58. The normalized spacial score (nSPS) is 12.8. The van der Waals surface area contributed by atoms with E-state index < -0.39 is 0 Å². The zero-order valence-corrected chi connectivity index (χ0v) is 9.64. The van der Waals surface area contributed by atoms with E-state index in [1.165, 1.54) is 11.8 Å². The van der Waals surface area contributed by atoms with Gasteiger partial charge in [-0.15, -0.1) is 0 Å². The lowest BCUT2D eigenvalue weighted by Gasteiger charge is -2.07. The van der Waals surface area contributed by atoms with Crippen LogP contribution < -0.4 is 5.73 Å². The summed E-state index contributed by atoms with van der Waals surface area (Å²) in [6.07, 6.45) is 3.93. The number of nitrogen functional groups attached to an aromatic ring is 1. The highest BCUT2D eigenvalue weighted by Gasteiger charge is 2.07. The van der Waals surface area contributed by atoms with Crippen LogP contribution in [0.3, 0.4) is 0 Å². The van der Waals surface area contributed by atoms with Crippen LogP contribution in [0.15, 0.2) is 5.16 Å². The lowest BCUT2D eigenvalue weighted by Crippen LogP contribution is -2.08. The minimum atomic E-state index is 0.322. The number of nitrogens with two attached hydrogens (primary N) is 1. The number of thioether (sulfide) groups is 1. The van der Waals surface area contributed by atoms with Gasteiger partial charge >= 0.3 is 0 Å². The molecule has 1 aromatic heterocycles. The number of hydrogen-bond donors (Lipinski definition) is 1. The molecule has 1 aromatic rings. The van der Waals surface area contributed by atoms with E-state index in [4.69, 9.17) is 5.73 Å². The van der Waals surface area contributed by atoms with Gasteiger partial charge in [0, 0.05) is 6.42 Å². The molecular weight excluding hydrogens is 196 g/mol. The Morgan fingerprint density at radius 3 is 2.64 bits per heavy atom. The van der Waals surface area contributed by atoms with Crippen LogP contribution in [-0.2, 0) is 6.42 Å². The quantitative estimate of drug-likeness (QED) is 0.770. The SMILES string of the molecule is CCC(C)Cc1nc(N)nc(SC)n1. The van der Waals surface area contributed by atoms with Crippen LogP contribution in [0.5, 0.6) is 0 Å². The highest BCUT2D eigenvalue weighted by molar-refractivity contribution is 7.98. The van der Waals surface area contributed by atoms with E-state index in [0.29, 0.717) is 17.0 Å². The second-order valence-electron chi connectivity index (χ2n) is 3.31. The Labute approximate surface area is 88.7 Å². The van der Waals surface area contributed by atoms with Gasteiger partial charge in [-0.3, -0.25) is 0 Å². The summed E-state index contributed by atoms with van der Waals surface area (Å²) in [4.78, 5) is 12.4. The van der Waals surface area contributed by atoms with Crippen LogP contribution in [0.4, 0.5) is 5.95 Å². The molecule has 0 aliphatic carbocycles. The molecule has 5 heteroatoms. The Kier molecular flexibility index (Phi) is 4.13. The van der Waals surface area contributed by atoms with Gasteiger partial charge < -0.3 is 5.73 Å². The fraction of sp³-hybridized carbons (Fsp3) is 0.667. The average molecular weight is 212 g/mol. The topological polar surface area (TPSA) is 64.7 Å². The van der Waals surface area contributed by atoms with E-state index in [-0.39, 0.29) is 0 Å². The zero-order valence-electron chi connectivity index (χ0n) is 8.82. The highest BCUT2D eigenvalue weighted by Crippen LogP contribution is 2.13. The minimum Gasteiger partial charge on any atom is -0.368 e. The van der Waals surface area contributed by atoms with E-state index in [1.807, 2.05) is 6.26 Å². The Bertz CT molecular complexity index is 303. The van der Waals surface area contributed by atoms with Crippen LogP contribution in [-0.4, -0.2) is 21.2 Å². The summed E-state index contributed by atoms with van der Waals surface area (Å²) in [6.45, 7) is 4.34. The van der Waals surface area contributed by atoms with E-state index >= 15 is 0 Å². The lowest BCUT2D eigenvalue weighted by molar-refractivity contribution is 0.538. The van der Waals surface area contributed by atoms with Crippen molar-refractivity contribution >= 4 is 17.7 Å². The number of anilines is 1. The van der Waals surface area contributed by atoms with Crippen molar-refractivity contribution in [1.29, 1.82) is 0 Å². The maximum Gasteiger partial charge on any atom is 0.224 e. The molecule has 1 rings (SSSR count). The first-order valence-corrected chi connectivity index (χ1v) is 5.92. The molecule has 0 fully saturated rings. The average Bonchev–Trinajstić information content (AvgIpc) is 2.16. The largest absolute Gasteiger partial charge is 0.368 e. The summed E-state index contributed by atoms with van der Waals surface area (Å²) >= 11 is 1.49. The van der Waals surface area contributed by atoms with Crippen molar-refractivity contribution in [3.63, 3.8) is 0 Å². The predicted molar refractivity (Wildman–Crippen MR) is 59.2 cm³/mol. The molecule has 0 aliphatic rings. The van der Waals surface area contributed by atoms with Crippen molar-refractivity contribution in [1.82, 2.24) is 15.0 Å². The van der Waals surface area contributed by atoms with Crippen molar-refractivity contribution in [2.75, 3.05) is 12.0 Å². The fourth-order valence-electron chi connectivity index (χ4n) is 1.05. The molecule has 2 N–H and O–H groups in total. The third-order valence-corrected chi connectivity index (χ3v) is 2.64. The Morgan fingerprint density at radius 2 is 2.07 bits per heavy atom. The molecule has 1 heterocycles. The van der Waals surface area contributed by atoms with Crippen LogP contribution in [0.25, 0.3) is 0 Å². The predicted octanol–water partition coefficient (Wildman–Crippen LogP) is 1.76. The molecule has 0 aromatic carbocycles. The van der Waals surface area contributed by atoms with Gasteiger partial charge in [0.2, 0.25) is 5.95 Å². The molecule has 1 unspecified atom stereocenters. The summed E-state index contributed by atoms with van der Waals surface area (Å²) in [6, 6.07) is 0. The Balaban J connectivity index is 2.81. The first-order valence-electron chi connectivity index (χ1n) is 4.70. The van der Waals surface area contributed by atoms with Crippen molar-refractivity contribution < 1.29 is 0 Å². The molecule has 0 saturated heterocycles. The van der Waals surface area contributed by atoms with Gasteiger partial charge in [0.05, 0.1) is 0 Å². The van der Waals surface area contributed by atoms with Crippen LogP contribution in [0.2, 0.25) is 0 Å². The summed E-state index contributed by atoms with van der Waals surface area (Å²) in [7, 11) is 0. The van der Waals surface area contributed by atoms with Gasteiger partial charge in [0.15, 0.2) is 5.16 Å². The van der Waals surface area contributed by atoms with Crippen LogP contribution >= 0.6 is 11.8 Å². The van der Waals surface area contributed by atoms with E-state index in [9.17, 15) is 0 Å². The molecule has 0 amide bonds. The van der Waals surface area contributed by atoms with Gasteiger partial charge in [-0.2, -0.15) is 9.97 Å². The molecule has 0 radical (unpaired) electrons. The van der Waals surface area contributed by atoms with Gasteiger partial charge in [0.1, 0.15) is 5.82 Å². The Morgan fingerprint density at radius 1 is 1.36 bits per heavy atom. The summed E-state index contributed by atoms with van der Waals surface area (Å²) in [5.74, 6) is 1.71. The lowest BCUT2D eigenvalue weighted by atomic mass is 10.1. The van der Waals surface area contributed by atoms with E-state index in [1.54, 1.807) is 0 Å². The van der Waals surface area contributed by atoms with E-state index in [2.05, 4.69) is 28.8 Å². The molecule has 0 saturated carbocycles. The first-order chi connectivity index (χ1) is 6.65. The molecule has 0 spiro atoms. The third kappa shape index (κ3) is 3.14. The summed E-state index contributed by atoms with van der Waals surface area (Å²) < 4.78 is 0. The first kappa shape index (κ1) is 11.2. The summed E-state index contributed by atoms with van der Waals surface area (Å²) in [5, 5.41) is 0.704. The molecule has 0 bridgehead atoms. The number of aromatic nitrogens is 3. The van der Waals surface area contributed by atoms with E-state index in [0.717, 1.165) is 18.7 Å². The van der Waals surface area contributed by atoms with Gasteiger partial charge in [-0.25, -0.2) is 4.98 Å². The standard InChI is InChI=1S/C9H16N4S/c1-4-6(2)5-7-11-8(10)13-9(12-7)14-3/h6H,4-5H2,1-3H3,(H2,10,11,12,13). The highest BCUT2D eigenvalue weighted by atomic mass is 32.2. The van der Waals surface area contributed by atoms with Gasteiger partial charge in [-0.1, -0.05) is 32.0 Å². The van der Waals surface area contributed by atoms with Crippen molar-refractivity contribution in [2.45, 2.75) is 31.8 Å². The Hall–Kier alpha value is -0.840. The monoisotopic (exact) mass is 212 g/mol. The van der Waals surface area contributed by atoms with Gasteiger partial charge in [-0.05, 0) is 12.2 Å². The molecule has 1 atom stereocenters. The van der Waals surface area contributed by atoms with Crippen molar-refractivity contribution in [2.24, 2.45) is 5.92 Å². The fourth-order valence-corrected chi connectivity index (χ4v) is 1.44.